The Balaban J connectivity index is -0.000000477. The summed E-state index contributed by atoms with van der Waals surface area (Å²) >= 11 is 0. The summed E-state index contributed by atoms with van der Waals surface area (Å²) in [5.41, 5.74) is 5.52. The van der Waals surface area contributed by atoms with Crippen molar-refractivity contribution in [2.75, 3.05) is 27.9 Å². The summed E-state index contributed by atoms with van der Waals surface area (Å²) in [4.78, 5) is 32.7. The van der Waals surface area contributed by atoms with Crippen molar-refractivity contribution < 1.29 is 38.8 Å². The van der Waals surface area contributed by atoms with E-state index in [-0.39, 0.29) is 24.5 Å². The molecule has 0 aliphatic heterocycles. The van der Waals surface area contributed by atoms with Crippen LogP contribution in [0.3, 0.4) is 0 Å². The standard InChI is InChI=1S/C19H39NO2.C19H38O2.C17H34O2.C15H30O2/c1-2-3-4-5-6-7-8-9-10-11-12-13-14-15-16-19(22)18(20)17-21;1-3-4-5-6-7-8-9-10-11-12-13-14-15-16-17-18-19(20)21-2;1-3-4-5-6-7-8-9-10-11-12-13-14-15-16-17(18)19-2;1-3-4-5-6-7-8-9-10-11-12-13-14-15(16)17-2/h15-16,18-19,21-22H,2-14,17,20H2,1H3;3-18H2,1-2H3;3-16H2,1-2H3;3-14H2,1-2H3/b16-15+;;;. The first-order chi connectivity index (χ1) is 38.6. The topological polar surface area (TPSA) is 145 Å². The number of unbranched alkanes of at least 4 members (excludes halogenated alkanes) is 48. The second-order valence-electron chi connectivity index (χ2n) is 23.1. The third-order valence-corrected chi connectivity index (χ3v) is 15.3. The van der Waals surface area contributed by atoms with Crippen molar-refractivity contribution in [3.05, 3.63) is 12.2 Å². The van der Waals surface area contributed by atoms with Gasteiger partial charge in [0.25, 0.3) is 0 Å². The highest BCUT2D eigenvalue weighted by molar-refractivity contribution is 5.69. The van der Waals surface area contributed by atoms with Crippen molar-refractivity contribution >= 4 is 17.9 Å². The normalized spacial score (nSPS) is 11.7. The van der Waals surface area contributed by atoms with Crippen LogP contribution in [0, 0.1) is 0 Å². The summed E-state index contributed by atoms with van der Waals surface area (Å²) in [6, 6.07) is -0.557. The molecule has 0 aromatic carbocycles. The number of aliphatic hydroxyl groups is 2. The predicted octanol–water partition coefficient (Wildman–Crippen LogP) is 21.2. The van der Waals surface area contributed by atoms with Crippen LogP contribution in [0.25, 0.3) is 0 Å². The Kier molecular flexibility index (Phi) is 82.5. The fourth-order valence-electron chi connectivity index (χ4n) is 9.76. The highest BCUT2D eigenvalue weighted by atomic mass is 16.5. The average Bonchev–Trinajstić information content (AvgIpc) is 3.46. The first-order valence-electron chi connectivity index (χ1n) is 34.6. The van der Waals surface area contributed by atoms with Crippen LogP contribution in [0.15, 0.2) is 12.2 Å². The van der Waals surface area contributed by atoms with Crippen LogP contribution in [-0.4, -0.2) is 68.2 Å². The van der Waals surface area contributed by atoms with Gasteiger partial charge < -0.3 is 30.2 Å². The SMILES string of the molecule is CCCCCCCCCCCCCC(=O)OC.CCCCCCCCCCCCCC/C=C/C(O)C(N)CO.CCCCCCCCCCCCCCCC(=O)OC.CCCCCCCCCCCCCCCCCC(=O)OC. The van der Waals surface area contributed by atoms with Crippen LogP contribution in [0.2, 0.25) is 0 Å². The van der Waals surface area contributed by atoms with Gasteiger partial charge in [0.05, 0.1) is 40.1 Å². The number of hydrogen-bond acceptors (Lipinski definition) is 9. The lowest BCUT2D eigenvalue weighted by molar-refractivity contribution is -0.141. The number of aliphatic hydroxyl groups excluding tert-OH is 2. The number of esters is 3. The highest BCUT2D eigenvalue weighted by Crippen LogP contribution is 2.17. The molecule has 0 rings (SSSR count). The molecule has 0 aliphatic rings. The van der Waals surface area contributed by atoms with Crippen molar-refractivity contribution in [2.45, 2.75) is 393 Å². The number of ether oxygens (including phenoxy) is 3. The van der Waals surface area contributed by atoms with Crippen molar-refractivity contribution in [3.8, 4) is 0 Å². The Bertz CT molecular complexity index is 1170. The minimum absolute atomic E-state index is 0.0651. The molecule has 9 nitrogen and oxygen atoms in total. The van der Waals surface area contributed by atoms with E-state index in [2.05, 4.69) is 41.9 Å². The maximum absolute atomic E-state index is 10.9. The molecule has 79 heavy (non-hydrogen) atoms. The maximum Gasteiger partial charge on any atom is 0.305 e. The molecule has 0 radical (unpaired) electrons. The summed E-state index contributed by atoms with van der Waals surface area (Å²) < 4.78 is 13.9. The van der Waals surface area contributed by atoms with Gasteiger partial charge in [-0.05, 0) is 32.1 Å². The summed E-state index contributed by atoms with van der Waals surface area (Å²) in [6.07, 6.45) is 74.3. The fraction of sp³-hybridized carbons (Fsp3) is 0.929. The quantitative estimate of drug-likeness (QED) is 0.0235. The molecule has 9 heteroatoms. The zero-order valence-corrected chi connectivity index (χ0v) is 54.3. The van der Waals surface area contributed by atoms with E-state index >= 15 is 0 Å². The number of methoxy groups -OCH3 is 3. The third-order valence-electron chi connectivity index (χ3n) is 15.3. The molecule has 0 aliphatic carbocycles. The van der Waals surface area contributed by atoms with Crippen molar-refractivity contribution in [2.24, 2.45) is 5.73 Å². The lowest BCUT2D eigenvalue weighted by atomic mass is 10.0. The van der Waals surface area contributed by atoms with Gasteiger partial charge in [-0.2, -0.15) is 0 Å². The Labute approximate surface area is 493 Å². The first kappa shape index (κ1) is 83.5. The van der Waals surface area contributed by atoms with Crippen LogP contribution >= 0.6 is 0 Å². The van der Waals surface area contributed by atoms with Crippen LogP contribution in [0.4, 0.5) is 0 Å². The van der Waals surface area contributed by atoms with Gasteiger partial charge in [-0.15, -0.1) is 0 Å². The number of carbonyl (C=O) groups excluding carboxylic acids is 3. The van der Waals surface area contributed by atoms with E-state index in [0.29, 0.717) is 19.3 Å². The Morgan fingerprint density at radius 1 is 0.329 bits per heavy atom. The second-order valence-corrected chi connectivity index (χ2v) is 23.1. The summed E-state index contributed by atoms with van der Waals surface area (Å²) in [6.45, 7) is 8.89. The van der Waals surface area contributed by atoms with Gasteiger partial charge in [0, 0.05) is 19.3 Å². The number of carbonyl (C=O) groups is 3. The van der Waals surface area contributed by atoms with E-state index in [9.17, 15) is 19.5 Å². The first-order valence-corrected chi connectivity index (χ1v) is 34.6. The summed E-state index contributed by atoms with van der Waals surface area (Å²) in [5, 5.41) is 18.3. The molecule has 0 bridgehead atoms. The zero-order valence-electron chi connectivity index (χ0n) is 54.3. The van der Waals surface area contributed by atoms with Crippen molar-refractivity contribution in [3.63, 3.8) is 0 Å². The lowest BCUT2D eigenvalue weighted by Crippen LogP contribution is -2.36. The molecule has 0 amide bonds. The molecule has 0 spiro atoms. The third kappa shape index (κ3) is 82.6. The van der Waals surface area contributed by atoms with Gasteiger partial charge in [-0.3, -0.25) is 14.4 Å². The van der Waals surface area contributed by atoms with E-state index in [1.807, 2.05) is 6.08 Å². The number of hydrogen-bond donors (Lipinski definition) is 3. The molecule has 2 unspecified atom stereocenters. The summed E-state index contributed by atoms with van der Waals surface area (Å²) in [5.74, 6) is -0.200. The van der Waals surface area contributed by atoms with Crippen LogP contribution in [0.1, 0.15) is 381 Å². The molecular weight excluding hydrogens is 983 g/mol. The minimum atomic E-state index is -0.720. The summed E-state index contributed by atoms with van der Waals surface area (Å²) in [7, 11) is 4.39. The Morgan fingerprint density at radius 3 is 0.684 bits per heavy atom. The smallest absolute Gasteiger partial charge is 0.305 e. The molecular formula is C70H141NO8. The molecule has 0 saturated heterocycles. The number of nitrogens with two attached hydrogens (primary N) is 1. The van der Waals surface area contributed by atoms with Gasteiger partial charge in [0.1, 0.15) is 0 Å². The van der Waals surface area contributed by atoms with Gasteiger partial charge in [-0.1, -0.05) is 342 Å². The van der Waals surface area contributed by atoms with Crippen LogP contribution < -0.4 is 5.73 Å². The molecule has 0 aromatic heterocycles. The van der Waals surface area contributed by atoms with E-state index in [1.165, 1.54) is 330 Å². The average molecular weight is 1120 g/mol. The van der Waals surface area contributed by atoms with Crippen LogP contribution in [-0.2, 0) is 28.6 Å². The molecule has 0 aromatic rings. The van der Waals surface area contributed by atoms with Gasteiger partial charge in [0.15, 0.2) is 0 Å². The Hall–Kier alpha value is -1.97. The van der Waals surface area contributed by atoms with E-state index in [1.54, 1.807) is 6.08 Å². The van der Waals surface area contributed by atoms with Gasteiger partial charge in [0.2, 0.25) is 0 Å². The lowest BCUT2D eigenvalue weighted by Gasteiger charge is -2.11. The molecule has 4 N–H and O–H groups in total. The number of allylic oxidation sites excluding steroid dienone is 1. The molecule has 2 atom stereocenters. The Morgan fingerprint density at radius 2 is 0.506 bits per heavy atom. The minimum Gasteiger partial charge on any atom is -0.469 e. The molecule has 474 valence electrons. The fourth-order valence-corrected chi connectivity index (χ4v) is 9.76. The van der Waals surface area contributed by atoms with Crippen LogP contribution in [0.5, 0.6) is 0 Å². The highest BCUT2D eigenvalue weighted by Gasteiger charge is 2.09. The maximum atomic E-state index is 10.9. The van der Waals surface area contributed by atoms with Gasteiger partial charge >= 0.3 is 17.9 Å². The van der Waals surface area contributed by atoms with E-state index < -0.39 is 12.1 Å². The van der Waals surface area contributed by atoms with Crippen molar-refractivity contribution in [1.29, 1.82) is 0 Å². The largest absolute Gasteiger partial charge is 0.469 e. The monoisotopic (exact) mass is 1120 g/mol. The zero-order chi connectivity index (χ0) is 59.0. The molecule has 0 saturated carbocycles. The van der Waals surface area contributed by atoms with E-state index in [0.717, 1.165) is 25.7 Å². The van der Waals surface area contributed by atoms with Gasteiger partial charge in [-0.25, -0.2) is 0 Å². The van der Waals surface area contributed by atoms with Crippen molar-refractivity contribution in [1.82, 2.24) is 0 Å². The predicted molar refractivity (Wildman–Crippen MR) is 343 cm³/mol. The van der Waals surface area contributed by atoms with E-state index in [4.69, 9.17) is 10.8 Å². The molecule has 0 heterocycles. The number of rotatable bonds is 58. The molecule has 0 fully saturated rings. The second kappa shape index (κ2) is 78.1.